The van der Waals surface area contributed by atoms with Gasteiger partial charge in [-0.1, -0.05) is 19.3 Å². The molecule has 0 radical (unpaired) electrons. The first-order chi connectivity index (χ1) is 7.54. The van der Waals surface area contributed by atoms with Crippen LogP contribution in [0.2, 0.25) is 0 Å². The van der Waals surface area contributed by atoms with Crippen LogP contribution in [0, 0.1) is 0 Å². The summed E-state index contributed by atoms with van der Waals surface area (Å²) in [6.07, 6.45) is 5.87. The van der Waals surface area contributed by atoms with E-state index in [4.69, 9.17) is 0 Å². The van der Waals surface area contributed by atoms with Gasteiger partial charge >= 0.3 is 5.97 Å². The van der Waals surface area contributed by atoms with Gasteiger partial charge in [-0.25, -0.2) is 4.79 Å². The van der Waals surface area contributed by atoms with E-state index >= 15 is 0 Å². The number of hydrogen-bond donors (Lipinski definition) is 1. The van der Waals surface area contributed by atoms with Crippen LogP contribution >= 0.6 is 11.8 Å². The van der Waals surface area contributed by atoms with Crippen LogP contribution in [-0.2, 0) is 9.59 Å². The lowest BCUT2D eigenvalue weighted by Crippen LogP contribution is -2.56. The second-order valence-corrected chi connectivity index (χ2v) is 5.15. The number of carbonyl (C=O) groups is 2. The molecule has 0 unspecified atom stereocenters. The highest BCUT2D eigenvalue weighted by atomic mass is 32.2. The molecule has 1 aliphatic carbocycles. The number of aliphatic carboxylic acids is 1. The summed E-state index contributed by atoms with van der Waals surface area (Å²) >= 11 is 1.43. The Labute approximate surface area is 100 Å². The molecule has 0 saturated heterocycles. The van der Waals surface area contributed by atoms with E-state index in [2.05, 4.69) is 0 Å². The van der Waals surface area contributed by atoms with Gasteiger partial charge in [-0.05, 0) is 19.1 Å². The minimum Gasteiger partial charge on any atom is -0.479 e. The van der Waals surface area contributed by atoms with Crippen LogP contribution in [0.15, 0.2) is 0 Å². The minimum atomic E-state index is -0.953. The Morgan fingerprint density at radius 2 is 1.88 bits per heavy atom. The van der Waals surface area contributed by atoms with Crippen molar-refractivity contribution in [2.75, 3.05) is 19.1 Å². The van der Waals surface area contributed by atoms with E-state index < -0.39 is 11.5 Å². The SMILES string of the molecule is CSCC(=O)N(C)C1(C(=O)O)CCCCC1. The lowest BCUT2D eigenvalue weighted by atomic mass is 9.80. The Kier molecular flexibility index (Phi) is 4.65. The fourth-order valence-corrected chi connectivity index (χ4v) is 2.73. The second kappa shape index (κ2) is 5.57. The van der Waals surface area contributed by atoms with Crippen molar-refractivity contribution in [3.63, 3.8) is 0 Å². The summed E-state index contributed by atoms with van der Waals surface area (Å²) in [4.78, 5) is 24.7. The molecular formula is C11H19NO3S. The fourth-order valence-electron chi connectivity index (χ4n) is 2.29. The van der Waals surface area contributed by atoms with Crippen molar-refractivity contribution in [2.45, 2.75) is 37.6 Å². The molecule has 1 fully saturated rings. The van der Waals surface area contributed by atoms with Crippen LogP contribution in [-0.4, -0.2) is 46.5 Å². The van der Waals surface area contributed by atoms with Gasteiger partial charge in [-0.15, -0.1) is 0 Å². The van der Waals surface area contributed by atoms with Gasteiger partial charge in [-0.3, -0.25) is 4.79 Å². The molecule has 1 amide bonds. The molecule has 0 aromatic heterocycles. The third kappa shape index (κ3) is 2.51. The number of carbonyl (C=O) groups excluding carboxylic acids is 1. The number of nitrogens with zero attached hydrogens (tertiary/aromatic N) is 1. The lowest BCUT2D eigenvalue weighted by Gasteiger charge is -2.40. The number of thioether (sulfide) groups is 1. The van der Waals surface area contributed by atoms with E-state index in [1.54, 1.807) is 7.05 Å². The third-order valence-corrected chi connectivity index (χ3v) is 3.90. The molecule has 0 aromatic rings. The summed E-state index contributed by atoms with van der Waals surface area (Å²) in [6, 6.07) is 0. The van der Waals surface area contributed by atoms with Crippen molar-refractivity contribution in [2.24, 2.45) is 0 Å². The van der Waals surface area contributed by atoms with Crippen molar-refractivity contribution >= 4 is 23.6 Å². The average molecular weight is 245 g/mol. The van der Waals surface area contributed by atoms with Crippen LogP contribution in [0.5, 0.6) is 0 Å². The highest BCUT2D eigenvalue weighted by molar-refractivity contribution is 7.99. The highest BCUT2D eigenvalue weighted by Crippen LogP contribution is 2.33. The van der Waals surface area contributed by atoms with E-state index in [0.29, 0.717) is 18.6 Å². The smallest absolute Gasteiger partial charge is 0.329 e. The number of carboxylic acid groups (broad SMARTS) is 1. The average Bonchev–Trinajstić information content (AvgIpc) is 2.29. The number of rotatable bonds is 4. The maximum Gasteiger partial charge on any atom is 0.329 e. The molecule has 1 N–H and O–H groups in total. The molecule has 0 atom stereocenters. The maximum atomic E-state index is 11.8. The summed E-state index contributed by atoms with van der Waals surface area (Å²) < 4.78 is 0. The monoisotopic (exact) mass is 245 g/mol. The molecule has 4 nitrogen and oxygen atoms in total. The summed E-state index contributed by atoms with van der Waals surface area (Å²) in [7, 11) is 1.62. The normalized spacial score (nSPS) is 19.1. The van der Waals surface area contributed by atoms with E-state index in [-0.39, 0.29) is 5.91 Å². The third-order valence-electron chi connectivity index (χ3n) is 3.36. The van der Waals surface area contributed by atoms with Crippen molar-refractivity contribution in [3.05, 3.63) is 0 Å². The molecule has 0 heterocycles. The first-order valence-electron chi connectivity index (χ1n) is 5.53. The Bertz CT molecular complexity index is 274. The predicted molar refractivity (Wildman–Crippen MR) is 64.6 cm³/mol. The minimum absolute atomic E-state index is 0.0863. The van der Waals surface area contributed by atoms with E-state index in [9.17, 15) is 14.7 Å². The van der Waals surface area contributed by atoms with Gasteiger partial charge in [0.25, 0.3) is 0 Å². The molecular weight excluding hydrogens is 226 g/mol. The molecule has 1 rings (SSSR count). The number of likely N-dealkylation sites (N-methyl/N-ethyl adjacent to an activating group) is 1. The Hall–Kier alpha value is -0.710. The summed E-state index contributed by atoms with van der Waals surface area (Å²) in [6.45, 7) is 0. The summed E-state index contributed by atoms with van der Waals surface area (Å²) in [5.74, 6) is -0.591. The quantitative estimate of drug-likeness (QED) is 0.817. The predicted octanol–water partition coefficient (Wildman–Crippen LogP) is 1.60. The van der Waals surface area contributed by atoms with Crippen LogP contribution in [0.4, 0.5) is 0 Å². The molecule has 92 valence electrons. The van der Waals surface area contributed by atoms with Gasteiger partial charge in [0, 0.05) is 7.05 Å². The van der Waals surface area contributed by atoms with Crippen molar-refractivity contribution < 1.29 is 14.7 Å². The molecule has 5 heteroatoms. The van der Waals surface area contributed by atoms with Crippen LogP contribution < -0.4 is 0 Å². The summed E-state index contributed by atoms with van der Waals surface area (Å²) in [5, 5.41) is 9.38. The number of carboxylic acids is 1. The van der Waals surface area contributed by atoms with E-state index in [1.165, 1.54) is 16.7 Å². The zero-order valence-electron chi connectivity index (χ0n) is 9.86. The Balaban J connectivity index is 2.83. The summed E-state index contributed by atoms with van der Waals surface area (Å²) in [5.41, 5.74) is -0.953. The number of hydrogen-bond acceptors (Lipinski definition) is 3. The highest BCUT2D eigenvalue weighted by Gasteiger charge is 2.45. The molecule has 0 bridgehead atoms. The van der Waals surface area contributed by atoms with Gasteiger partial charge < -0.3 is 10.0 Å². The molecule has 0 spiro atoms. The standard InChI is InChI=1S/C11H19NO3S/c1-12(9(13)8-16-2)11(10(14)15)6-4-3-5-7-11/h3-8H2,1-2H3,(H,14,15). The van der Waals surface area contributed by atoms with Crippen molar-refractivity contribution in [1.29, 1.82) is 0 Å². The van der Waals surface area contributed by atoms with Crippen LogP contribution in [0.1, 0.15) is 32.1 Å². The zero-order chi connectivity index (χ0) is 12.2. The molecule has 0 aromatic carbocycles. The molecule has 16 heavy (non-hydrogen) atoms. The van der Waals surface area contributed by atoms with Crippen LogP contribution in [0.3, 0.4) is 0 Å². The van der Waals surface area contributed by atoms with Gasteiger partial charge in [0.05, 0.1) is 5.75 Å². The zero-order valence-corrected chi connectivity index (χ0v) is 10.7. The van der Waals surface area contributed by atoms with Gasteiger partial charge in [0.1, 0.15) is 5.54 Å². The molecule has 1 saturated carbocycles. The number of amides is 1. The topological polar surface area (TPSA) is 57.6 Å². The first kappa shape index (κ1) is 13.4. The van der Waals surface area contributed by atoms with Gasteiger partial charge in [0.15, 0.2) is 0 Å². The Morgan fingerprint density at radius 3 is 2.31 bits per heavy atom. The molecule has 0 aliphatic heterocycles. The molecule has 1 aliphatic rings. The van der Waals surface area contributed by atoms with Gasteiger partial charge in [-0.2, -0.15) is 11.8 Å². The fraction of sp³-hybridized carbons (Fsp3) is 0.818. The largest absolute Gasteiger partial charge is 0.479 e. The van der Waals surface area contributed by atoms with Gasteiger partial charge in [0.2, 0.25) is 5.91 Å². The van der Waals surface area contributed by atoms with Crippen molar-refractivity contribution in [3.8, 4) is 0 Å². The lowest BCUT2D eigenvalue weighted by molar-refractivity contribution is -0.159. The second-order valence-electron chi connectivity index (χ2n) is 4.28. The maximum absolute atomic E-state index is 11.8. The first-order valence-corrected chi connectivity index (χ1v) is 6.93. The van der Waals surface area contributed by atoms with E-state index in [0.717, 1.165) is 19.3 Å². The van der Waals surface area contributed by atoms with E-state index in [1.807, 2.05) is 6.26 Å². The van der Waals surface area contributed by atoms with Crippen LogP contribution in [0.25, 0.3) is 0 Å². The Morgan fingerprint density at radius 1 is 1.31 bits per heavy atom. The van der Waals surface area contributed by atoms with Crippen molar-refractivity contribution in [1.82, 2.24) is 4.90 Å².